The first-order valence-corrected chi connectivity index (χ1v) is 10.0. The molecular weight excluding hydrogens is 387 g/mol. The third-order valence-electron chi connectivity index (χ3n) is 5.63. The van der Waals surface area contributed by atoms with Gasteiger partial charge in [-0.3, -0.25) is 9.69 Å². The molecule has 4 rings (SSSR count). The van der Waals surface area contributed by atoms with E-state index in [0.717, 1.165) is 11.4 Å². The first kappa shape index (κ1) is 20.0. The van der Waals surface area contributed by atoms with Crippen molar-refractivity contribution in [1.82, 2.24) is 9.80 Å². The fourth-order valence-electron chi connectivity index (χ4n) is 3.90. The highest BCUT2D eigenvalue weighted by Crippen LogP contribution is 2.24. The maximum Gasteiger partial charge on any atom is 0.325 e. The highest BCUT2D eigenvalue weighted by molar-refractivity contribution is 5.96. The van der Waals surface area contributed by atoms with Crippen LogP contribution in [0.5, 0.6) is 5.75 Å². The fraction of sp³-hybridized carbons (Fsp3) is 0.364. The molecule has 0 saturated carbocycles. The summed E-state index contributed by atoms with van der Waals surface area (Å²) in [6.07, 6.45) is 0. The smallest absolute Gasteiger partial charge is 0.325 e. The topological polar surface area (TPSA) is 56.3 Å². The standard InChI is InChI=1S/C22H25FN4O3/c1-30-18-8-6-17(7-9-18)27-15-14-26(22(27)29)16-21(28)25-12-10-24(11-13-25)20-5-3-2-4-19(20)23/h2-9H,10-16H2,1H3. The molecule has 0 aromatic heterocycles. The molecule has 0 spiro atoms. The first-order chi connectivity index (χ1) is 14.6. The normalized spacial score (nSPS) is 16.9. The first-order valence-electron chi connectivity index (χ1n) is 10.0. The van der Waals surface area contributed by atoms with Crippen LogP contribution >= 0.6 is 0 Å². The number of anilines is 2. The SMILES string of the molecule is COc1ccc(N2CCN(CC(=O)N3CCN(c4ccccc4F)CC3)C2=O)cc1. The number of rotatable bonds is 5. The van der Waals surface area contributed by atoms with Crippen molar-refractivity contribution in [2.75, 3.05) is 62.7 Å². The second kappa shape index (κ2) is 8.61. The van der Waals surface area contributed by atoms with Gasteiger partial charge in [0.2, 0.25) is 5.91 Å². The van der Waals surface area contributed by atoms with E-state index < -0.39 is 0 Å². The molecule has 8 heteroatoms. The molecule has 0 aliphatic carbocycles. The molecule has 2 fully saturated rings. The monoisotopic (exact) mass is 412 g/mol. The predicted molar refractivity (Wildman–Crippen MR) is 113 cm³/mol. The van der Waals surface area contributed by atoms with Gasteiger partial charge in [-0.05, 0) is 36.4 Å². The molecule has 0 N–H and O–H groups in total. The van der Waals surface area contributed by atoms with Crippen molar-refractivity contribution in [1.29, 1.82) is 0 Å². The Kier molecular flexibility index (Phi) is 5.74. The highest BCUT2D eigenvalue weighted by atomic mass is 19.1. The lowest BCUT2D eigenvalue weighted by molar-refractivity contribution is -0.131. The van der Waals surface area contributed by atoms with Crippen LogP contribution in [0.15, 0.2) is 48.5 Å². The van der Waals surface area contributed by atoms with Gasteiger partial charge in [-0.25, -0.2) is 9.18 Å². The van der Waals surface area contributed by atoms with Gasteiger partial charge in [0.1, 0.15) is 18.1 Å². The molecule has 2 saturated heterocycles. The van der Waals surface area contributed by atoms with Gasteiger partial charge in [0, 0.05) is 45.0 Å². The number of methoxy groups -OCH3 is 1. The molecule has 30 heavy (non-hydrogen) atoms. The Morgan fingerprint density at radius 3 is 2.33 bits per heavy atom. The van der Waals surface area contributed by atoms with E-state index in [0.29, 0.717) is 45.0 Å². The molecule has 158 valence electrons. The Labute approximate surface area is 175 Å². The van der Waals surface area contributed by atoms with Gasteiger partial charge >= 0.3 is 6.03 Å². The van der Waals surface area contributed by atoms with E-state index in [1.54, 1.807) is 33.9 Å². The quantitative estimate of drug-likeness (QED) is 0.757. The number of carbonyl (C=O) groups excluding carboxylic acids is 2. The molecule has 2 aromatic rings. The van der Waals surface area contributed by atoms with Gasteiger partial charge < -0.3 is 19.4 Å². The number of para-hydroxylation sites is 1. The fourth-order valence-corrected chi connectivity index (χ4v) is 3.90. The summed E-state index contributed by atoms with van der Waals surface area (Å²) in [5, 5.41) is 0. The second-order valence-electron chi connectivity index (χ2n) is 7.37. The van der Waals surface area contributed by atoms with Crippen molar-refractivity contribution in [2.24, 2.45) is 0 Å². The largest absolute Gasteiger partial charge is 0.497 e. The van der Waals surface area contributed by atoms with Crippen LogP contribution in [0.4, 0.5) is 20.6 Å². The zero-order valence-electron chi connectivity index (χ0n) is 17.0. The summed E-state index contributed by atoms with van der Waals surface area (Å²) in [6, 6.07) is 13.8. The maximum atomic E-state index is 14.0. The third-order valence-corrected chi connectivity index (χ3v) is 5.63. The number of nitrogens with zero attached hydrogens (tertiary/aromatic N) is 4. The molecule has 2 heterocycles. The van der Waals surface area contributed by atoms with E-state index in [-0.39, 0.29) is 24.3 Å². The summed E-state index contributed by atoms with van der Waals surface area (Å²) < 4.78 is 19.1. The van der Waals surface area contributed by atoms with Crippen LogP contribution in [-0.2, 0) is 4.79 Å². The number of carbonyl (C=O) groups is 2. The number of hydrogen-bond donors (Lipinski definition) is 0. The molecule has 0 radical (unpaired) electrons. The summed E-state index contributed by atoms with van der Waals surface area (Å²) in [5.74, 6) is 0.402. The van der Waals surface area contributed by atoms with E-state index in [1.165, 1.54) is 6.07 Å². The van der Waals surface area contributed by atoms with Crippen LogP contribution in [0, 0.1) is 5.82 Å². The minimum absolute atomic E-state index is 0.0607. The molecule has 3 amide bonds. The molecule has 2 aromatic carbocycles. The van der Waals surface area contributed by atoms with Crippen molar-refractivity contribution in [3.8, 4) is 5.75 Å². The Balaban J connectivity index is 1.31. The van der Waals surface area contributed by atoms with Crippen LogP contribution in [0.25, 0.3) is 0 Å². The molecule has 0 unspecified atom stereocenters. The van der Waals surface area contributed by atoms with Crippen LogP contribution in [0.3, 0.4) is 0 Å². The van der Waals surface area contributed by atoms with E-state index in [9.17, 15) is 14.0 Å². The van der Waals surface area contributed by atoms with Gasteiger partial charge in [-0.2, -0.15) is 0 Å². The Bertz CT molecular complexity index is 913. The number of benzene rings is 2. The molecule has 7 nitrogen and oxygen atoms in total. The maximum absolute atomic E-state index is 14.0. The Morgan fingerprint density at radius 2 is 1.67 bits per heavy atom. The summed E-state index contributed by atoms with van der Waals surface area (Å²) in [4.78, 5) is 32.4. The molecule has 0 bridgehead atoms. The zero-order chi connectivity index (χ0) is 21.1. The van der Waals surface area contributed by atoms with Crippen molar-refractivity contribution in [3.63, 3.8) is 0 Å². The van der Waals surface area contributed by atoms with Gasteiger partial charge in [0.15, 0.2) is 0 Å². The van der Waals surface area contributed by atoms with E-state index >= 15 is 0 Å². The molecule has 2 aliphatic rings. The van der Waals surface area contributed by atoms with Crippen molar-refractivity contribution in [3.05, 3.63) is 54.3 Å². The number of urea groups is 1. The van der Waals surface area contributed by atoms with Crippen molar-refractivity contribution >= 4 is 23.3 Å². The second-order valence-corrected chi connectivity index (χ2v) is 7.37. The van der Waals surface area contributed by atoms with Crippen LogP contribution < -0.4 is 14.5 Å². The highest BCUT2D eigenvalue weighted by Gasteiger charge is 2.32. The minimum atomic E-state index is -0.251. The Morgan fingerprint density at radius 1 is 0.967 bits per heavy atom. The average Bonchev–Trinajstić information content (AvgIpc) is 3.14. The van der Waals surface area contributed by atoms with E-state index in [4.69, 9.17) is 4.74 Å². The average molecular weight is 412 g/mol. The number of piperazine rings is 1. The van der Waals surface area contributed by atoms with Crippen LogP contribution in [0.2, 0.25) is 0 Å². The summed E-state index contributed by atoms with van der Waals surface area (Å²) in [6.45, 7) is 3.27. The zero-order valence-corrected chi connectivity index (χ0v) is 17.0. The van der Waals surface area contributed by atoms with E-state index in [2.05, 4.69) is 0 Å². The molecular formula is C22H25FN4O3. The summed E-state index contributed by atoms with van der Waals surface area (Å²) in [7, 11) is 1.60. The molecule has 2 aliphatic heterocycles. The van der Waals surface area contributed by atoms with Crippen molar-refractivity contribution < 1.29 is 18.7 Å². The molecule has 0 atom stereocenters. The number of hydrogen-bond acceptors (Lipinski definition) is 4. The Hall–Kier alpha value is -3.29. The van der Waals surface area contributed by atoms with Crippen molar-refractivity contribution in [2.45, 2.75) is 0 Å². The predicted octanol–water partition coefficient (Wildman–Crippen LogP) is 2.43. The number of amides is 3. The lowest BCUT2D eigenvalue weighted by atomic mass is 10.2. The lowest BCUT2D eigenvalue weighted by Crippen LogP contribution is -2.51. The number of halogens is 1. The van der Waals surface area contributed by atoms with Gasteiger partial charge in [-0.1, -0.05) is 12.1 Å². The van der Waals surface area contributed by atoms with Crippen LogP contribution in [0.1, 0.15) is 0 Å². The van der Waals surface area contributed by atoms with E-state index in [1.807, 2.05) is 35.2 Å². The third kappa shape index (κ3) is 4.03. The van der Waals surface area contributed by atoms with Gasteiger partial charge in [-0.15, -0.1) is 0 Å². The number of ether oxygens (including phenoxy) is 1. The summed E-state index contributed by atoms with van der Waals surface area (Å²) in [5.41, 5.74) is 1.35. The lowest BCUT2D eigenvalue weighted by Gasteiger charge is -2.36. The minimum Gasteiger partial charge on any atom is -0.497 e. The van der Waals surface area contributed by atoms with Gasteiger partial charge in [0.25, 0.3) is 0 Å². The summed E-state index contributed by atoms with van der Waals surface area (Å²) >= 11 is 0. The van der Waals surface area contributed by atoms with Crippen LogP contribution in [-0.4, -0.2) is 74.7 Å². The van der Waals surface area contributed by atoms with Gasteiger partial charge in [0.05, 0.1) is 12.8 Å².